The maximum Gasteiger partial charge on any atom is 0.262 e. The average molecular weight is 468 g/mol. The molecule has 2 aromatic carbocycles. The van der Waals surface area contributed by atoms with Gasteiger partial charge in [-0.3, -0.25) is 19.1 Å². The molecule has 6 rings (SSSR count). The number of hydrogen-bond acceptors (Lipinski definition) is 5. The van der Waals surface area contributed by atoms with Crippen molar-refractivity contribution in [2.45, 2.75) is 33.2 Å². The van der Waals surface area contributed by atoms with Crippen LogP contribution < -0.4 is 0 Å². The predicted octanol–water partition coefficient (Wildman–Crippen LogP) is 4.57. The van der Waals surface area contributed by atoms with Gasteiger partial charge >= 0.3 is 0 Å². The SMILES string of the molecule is CC[C@H](c1nc2c3c(C)c(C)n(-c4ccc(F)cc4)c3ncn2n1)N1C(=O)c2ccccc2C1=O. The average Bonchev–Trinajstić information content (AvgIpc) is 3.48. The molecule has 1 aliphatic rings. The van der Waals surface area contributed by atoms with Crippen molar-refractivity contribution in [2.75, 3.05) is 0 Å². The summed E-state index contributed by atoms with van der Waals surface area (Å²) < 4.78 is 17.1. The van der Waals surface area contributed by atoms with E-state index >= 15 is 0 Å². The lowest BCUT2D eigenvalue weighted by molar-refractivity contribution is 0.0570. The van der Waals surface area contributed by atoms with Gasteiger partial charge in [-0.25, -0.2) is 18.9 Å². The molecule has 4 heterocycles. The van der Waals surface area contributed by atoms with Crippen LogP contribution in [0.4, 0.5) is 4.39 Å². The van der Waals surface area contributed by atoms with E-state index in [9.17, 15) is 14.0 Å². The fourth-order valence-electron chi connectivity index (χ4n) is 4.90. The fraction of sp³-hybridized carbons (Fsp3) is 0.192. The molecule has 0 saturated heterocycles. The highest BCUT2D eigenvalue weighted by molar-refractivity contribution is 6.21. The number of amides is 2. The van der Waals surface area contributed by atoms with Gasteiger partial charge in [-0.05, 0) is 62.2 Å². The van der Waals surface area contributed by atoms with Gasteiger partial charge in [0, 0.05) is 11.4 Å². The molecule has 0 saturated carbocycles. The van der Waals surface area contributed by atoms with Gasteiger partial charge in [-0.15, -0.1) is 5.10 Å². The Labute approximate surface area is 199 Å². The molecule has 35 heavy (non-hydrogen) atoms. The second-order valence-corrected chi connectivity index (χ2v) is 8.65. The normalized spacial score (nSPS) is 14.3. The second-order valence-electron chi connectivity index (χ2n) is 8.65. The minimum absolute atomic E-state index is 0.309. The highest BCUT2D eigenvalue weighted by Crippen LogP contribution is 2.34. The van der Waals surface area contributed by atoms with E-state index in [4.69, 9.17) is 4.98 Å². The summed E-state index contributed by atoms with van der Waals surface area (Å²) in [6.45, 7) is 5.85. The summed E-state index contributed by atoms with van der Waals surface area (Å²) in [6, 6.07) is 12.4. The molecule has 0 N–H and O–H groups in total. The van der Waals surface area contributed by atoms with Crippen LogP contribution in [0.1, 0.15) is 57.2 Å². The van der Waals surface area contributed by atoms with E-state index in [1.165, 1.54) is 17.0 Å². The molecule has 1 aliphatic heterocycles. The van der Waals surface area contributed by atoms with Crippen LogP contribution >= 0.6 is 0 Å². The number of fused-ring (bicyclic) bond motifs is 4. The zero-order valence-corrected chi connectivity index (χ0v) is 19.4. The number of halogens is 1. The van der Waals surface area contributed by atoms with Crippen molar-refractivity contribution in [3.63, 3.8) is 0 Å². The van der Waals surface area contributed by atoms with Crippen molar-refractivity contribution in [1.29, 1.82) is 0 Å². The number of aryl methyl sites for hydroxylation is 1. The standard InChI is InChI=1S/C26H21FN6O2/c1-4-20(33-25(34)18-7-5-6-8-19(18)26(33)35)22-29-24-21-14(2)15(3)32(17-11-9-16(27)10-12-17)23(21)28-13-31(24)30-22/h5-13,20H,4H2,1-3H3/t20-/m1/s1. The number of carbonyl (C=O) groups excluding carboxylic acids is 2. The number of imide groups is 1. The molecule has 5 aromatic rings. The summed E-state index contributed by atoms with van der Waals surface area (Å²) in [5, 5.41) is 5.42. The Balaban J connectivity index is 1.50. The van der Waals surface area contributed by atoms with Gasteiger partial charge in [0.05, 0.1) is 16.5 Å². The lowest BCUT2D eigenvalue weighted by Crippen LogP contribution is -2.34. The van der Waals surface area contributed by atoms with Crippen molar-refractivity contribution >= 4 is 28.5 Å². The van der Waals surface area contributed by atoms with E-state index in [-0.39, 0.29) is 17.6 Å². The van der Waals surface area contributed by atoms with Crippen LogP contribution in [0.2, 0.25) is 0 Å². The third-order valence-electron chi connectivity index (χ3n) is 6.76. The fourth-order valence-corrected chi connectivity index (χ4v) is 4.90. The predicted molar refractivity (Wildman–Crippen MR) is 127 cm³/mol. The highest BCUT2D eigenvalue weighted by Gasteiger charge is 2.41. The van der Waals surface area contributed by atoms with Crippen molar-refractivity contribution in [3.8, 4) is 5.69 Å². The number of carbonyl (C=O) groups is 2. The Hall–Kier alpha value is -4.40. The molecule has 0 aliphatic carbocycles. The van der Waals surface area contributed by atoms with Crippen LogP contribution in [0, 0.1) is 19.7 Å². The topological polar surface area (TPSA) is 85.4 Å². The summed E-state index contributed by atoms with van der Waals surface area (Å²) in [5.74, 6) is -0.609. The van der Waals surface area contributed by atoms with Gasteiger partial charge in [-0.2, -0.15) is 0 Å². The molecule has 8 nitrogen and oxygen atoms in total. The van der Waals surface area contributed by atoms with Crippen molar-refractivity contribution in [1.82, 2.24) is 29.0 Å². The van der Waals surface area contributed by atoms with Crippen LogP contribution in [0.5, 0.6) is 0 Å². The minimum atomic E-state index is -0.613. The minimum Gasteiger partial charge on any atom is -0.298 e. The summed E-state index contributed by atoms with van der Waals surface area (Å²) in [7, 11) is 0. The van der Waals surface area contributed by atoms with E-state index in [2.05, 4.69) is 10.1 Å². The Morgan fingerprint density at radius 2 is 1.60 bits per heavy atom. The zero-order valence-electron chi connectivity index (χ0n) is 19.4. The Bertz CT molecular complexity index is 1630. The molecule has 0 unspecified atom stereocenters. The lowest BCUT2D eigenvalue weighted by atomic mass is 10.1. The largest absolute Gasteiger partial charge is 0.298 e. The van der Waals surface area contributed by atoms with Crippen LogP contribution in [0.25, 0.3) is 22.4 Å². The van der Waals surface area contributed by atoms with Gasteiger partial charge in [0.25, 0.3) is 11.8 Å². The van der Waals surface area contributed by atoms with E-state index in [0.717, 1.165) is 22.3 Å². The summed E-state index contributed by atoms with van der Waals surface area (Å²) >= 11 is 0. The van der Waals surface area contributed by atoms with Crippen molar-refractivity contribution in [3.05, 3.63) is 88.9 Å². The Morgan fingerprint density at radius 1 is 0.943 bits per heavy atom. The molecule has 2 amide bonds. The van der Waals surface area contributed by atoms with E-state index in [1.807, 2.05) is 25.3 Å². The number of aromatic nitrogens is 5. The second kappa shape index (κ2) is 7.56. The monoisotopic (exact) mass is 468 g/mol. The summed E-state index contributed by atoms with van der Waals surface area (Å²) in [4.78, 5) is 36.9. The van der Waals surface area contributed by atoms with Crippen LogP contribution in [-0.2, 0) is 0 Å². The summed E-state index contributed by atoms with van der Waals surface area (Å²) in [6.07, 6.45) is 2.04. The first-order valence-electron chi connectivity index (χ1n) is 11.4. The number of rotatable bonds is 4. The molecule has 0 radical (unpaired) electrons. The van der Waals surface area contributed by atoms with Gasteiger partial charge in [0.2, 0.25) is 0 Å². The first-order chi connectivity index (χ1) is 16.9. The van der Waals surface area contributed by atoms with Gasteiger partial charge in [0.15, 0.2) is 17.1 Å². The molecule has 9 heteroatoms. The lowest BCUT2D eigenvalue weighted by Gasteiger charge is -2.22. The van der Waals surface area contributed by atoms with Gasteiger partial charge in [-0.1, -0.05) is 19.1 Å². The quantitative estimate of drug-likeness (QED) is 0.361. The molecule has 3 aromatic heterocycles. The highest BCUT2D eigenvalue weighted by atomic mass is 19.1. The third-order valence-corrected chi connectivity index (χ3v) is 6.76. The summed E-state index contributed by atoms with van der Waals surface area (Å²) in [5.41, 5.74) is 4.75. The smallest absolute Gasteiger partial charge is 0.262 e. The first-order valence-corrected chi connectivity index (χ1v) is 11.4. The number of nitrogens with zero attached hydrogens (tertiary/aromatic N) is 6. The molecular weight excluding hydrogens is 447 g/mol. The zero-order chi connectivity index (χ0) is 24.4. The van der Waals surface area contributed by atoms with Gasteiger partial charge < -0.3 is 0 Å². The van der Waals surface area contributed by atoms with Crippen LogP contribution in [0.3, 0.4) is 0 Å². The maximum atomic E-state index is 13.5. The molecule has 174 valence electrons. The van der Waals surface area contributed by atoms with E-state index < -0.39 is 6.04 Å². The van der Waals surface area contributed by atoms with Crippen LogP contribution in [-0.4, -0.2) is 40.9 Å². The molecule has 0 spiro atoms. The van der Waals surface area contributed by atoms with Crippen molar-refractivity contribution < 1.29 is 14.0 Å². The van der Waals surface area contributed by atoms with Crippen molar-refractivity contribution in [2.24, 2.45) is 0 Å². The Morgan fingerprint density at radius 3 is 2.23 bits per heavy atom. The van der Waals surface area contributed by atoms with Crippen LogP contribution in [0.15, 0.2) is 54.9 Å². The van der Waals surface area contributed by atoms with Gasteiger partial charge in [0.1, 0.15) is 18.2 Å². The molecule has 1 atom stereocenters. The number of hydrogen-bond donors (Lipinski definition) is 0. The molecule has 0 fully saturated rings. The number of benzene rings is 2. The maximum absolute atomic E-state index is 13.5. The molecular formula is C26H21FN6O2. The molecule has 0 bridgehead atoms. The third kappa shape index (κ3) is 2.94. The van der Waals surface area contributed by atoms with E-state index in [1.54, 1.807) is 47.2 Å². The van der Waals surface area contributed by atoms with E-state index in [0.29, 0.717) is 34.7 Å². The first kappa shape index (κ1) is 21.2. The Kier molecular flexibility index (Phi) is 4.57.